The van der Waals surface area contributed by atoms with Gasteiger partial charge in [0.05, 0.1) is 0 Å². The van der Waals surface area contributed by atoms with Gasteiger partial charge in [-0.15, -0.1) is 0 Å². The van der Waals surface area contributed by atoms with Gasteiger partial charge in [-0.1, -0.05) is 33.8 Å². The van der Waals surface area contributed by atoms with Crippen molar-refractivity contribution in [2.24, 2.45) is 0 Å². The summed E-state index contributed by atoms with van der Waals surface area (Å²) in [4.78, 5) is 2.38. The fraction of sp³-hybridized carbons (Fsp3) is 0.250. The third kappa shape index (κ3) is 3.54. The van der Waals surface area contributed by atoms with Crippen molar-refractivity contribution >= 4 is 27.7 Å². The molecule has 0 unspecified atom stereocenters. The predicted octanol–water partition coefficient (Wildman–Crippen LogP) is 4.09. The van der Waals surface area contributed by atoms with E-state index in [0.717, 1.165) is 27.4 Å². The molecule has 0 fully saturated rings. The van der Waals surface area contributed by atoms with Crippen molar-refractivity contribution in [2.75, 3.05) is 20.3 Å². The first-order valence-corrected chi connectivity index (χ1v) is 8.38. The summed E-state index contributed by atoms with van der Waals surface area (Å²) in [6.07, 6.45) is 0. The summed E-state index contributed by atoms with van der Waals surface area (Å²) >= 11 is 5.28. The van der Waals surface area contributed by atoms with E-state index in [1.807, 2.05) is 19.2 Å². The Morgan fingerprint density at radius 1 is 1.10 bits per heavy atom. The Morgan fingerprint density at radius 2 is 1.90 bits per heavy atom. The maximum atomic E-state index is 5.64. The van der Waals surface area contributed by atoms with Crippen LogP contribution in [-0.4, -0.2) is 20.3 Å². The monoisotopic (exact) mass is 365 g/mol. The van der Waals surface area contributed by atoms with Crippen molar-refractivity contribution in [3.05, 3.63) is 46.4 Å². The van der Waals surface area contributed by atoms with E-state index >= 15 is 0 Å². The van der Waals surface area contributed by atoms with Crippen LogP contribution in [0.5, 0.6) is 11.5 Å². The molecule has 2 aromatic rings. The molecule has 1 N–H and O–H groups in total. The third-order valence-corrected chi connectivity index (χ3v) is 4.72. The zero-order chi connectivity index (χ0) is 14.7. The number of halogens is 1. The molecule has 1 heterocycles. The van der Waals surface area contributed by atoms with E-state index in [2.05, 4.69) is 45.5 Å². The van der Waals surface area contributed by atoms with Crippen molar-refractivity contribution in [2.45, 2.75) is 16.3 Å². The van der Waals surface area contributed by atoms with Gasteiger partial charge in [0.15, 0.2) is 11.5 Å². The molecule has 5 heteroatoms. The minimum atomic E-state index is 0.614. The van der Waals surface area contributed by atoms with Gasteiger partial charge in [-0.2, -0.15) is 0 Å². The highest BCUT2D eigenvalue weighted by Crippen LogP contribution is 2.38. The molecule has 0 saturated heterocycles. The summed E-state index contributed by atoms with van der Waals surface area (Å²) in [6, 6.07) is 12.5. The van der Waals surface area contributed by atoms with E-state index in [9.17, 15) is 0 Å². The van der Waals surface area contributed by atoms with Crippen LogP contribution in [-0.2, 0) is 6.54 Å². The smallest absolute Gasteiger partial charge is 0.162 e. The molecular formula is C16H16BrNO2S. The molecule has 0 aromatic heterocycles. The largest absolute Gasteiger partial charge is 0.486 e. The predicted molar refractivity (Wildman–Crippen MR) is 88.5 cm³/mol. The minimum Gasteiger partial charge on any atom is -0.486 e. The number of ether oxygens (including phenoxy) is 2. The highest BCUT2D eigenvalue weighted by molar-refractivity contribution is 9.10. The Labute approximate surface area is 137 Å². The van der Waals surface area contributed by atoms with Crippen LogP contribution in [0.1, 0.15) is 5.56 Å². The number of nitrogens with one attached hydrogen (secondary N) is 1. The highest BCUT2D eigenvalue weighted by Gasteiger charge is 2.13. The quantitative estimate of drug-likeness (QED) is 0.883. The normalized spacial score (nSPS) is 13.2. The van der Waals surface area contributed by atoms with Crippen LogP contribution >= 0.6 is 27.7 Å². The van der Waals surface area contributed by atoms with Gasteiger partial charge in [0.2, 0.25) is 0 Å². The second-order valence-electron chi connectivity index (χ2n) is 4.69. The van der Waals surface area contributed by atoms with E-state index in [1.54, 1.807) is 11.8 Å². The van der Waals surface area contributed by atoms with Gasteiger partial charge in [0.1, 0.15) is 13.2 Å². The lowest BCUT2D eigenvalue weighted by molar-refractivity contribution is 0.171. The first-order valence-electron chi connectivity index (χ1n) is 6.77. The van der Waals surface area contributed by atoms with Crippen LogP contribution in [0, 0.1) is 0 Å². The molecule has 0 saturated carbocycles. The lowest BCUT2D eigenvalue weighted by Gasteiger charge is -2.19. The first kappa shape index (κ1) is 14.8. The lowest BCUT2D eigenvalue weighted by Crippen LogP contribution is -2.15. The Hall–Kier alpha value is -1.17. The van der Waals surface area contributed by atoms with Gasteiger partial charge in [-0.25, -0.2) is 0 Å². The molecular weight excluding hydrogens is 350 g/mol. The first-order chi connectivity index (χ1) is 10.3. The van der Waals surface area contributed by atoms with Crippen molar-refractivity contribution < 1.29 is 9.47 Å². The molecule has 1 aliphatic rings. The molecule has 1 aliphatic heterocycles. The van der Waals surface area contributed by atoms with Gasteiger partial charge in [0, 0.05) is 20.8 Å². The van der Waals surface area contributed by atoms with Crippen LogP contribution in [0.3, 0.4) is 0 Å². The Balaban J connectivity index is 1.87. The van der Waals surface area contributed by atoms with Gasteiger partial charge < -0.3 is 14.8 Å². The van der Waals surface area contributed by atoms with Crippen LogP contribution in [0.2, 0.25) is 0 Å². The molecule has 3 rings (SSSR count). The van der Waals surface area contributed by atoms with E-state index in [-0.39, 0.29) is 0 Å². The number of benzene rings is 2. The topological polar surface area (TPSA) is 30.5 Å². The van der Waals surface area contributed by atoms with Crippen molar-refractivity contribution in [1.82, 2.24) is 5.32 Å². The minimum absolute atomic E-state index is 0.614. The Kier molecular flexibility index (Phi) is 4.73. The molecule has 21 heavy (non-hydrogen) atoms. The summed E-state index contributed by atoms with van der Waals surface area (Å²) in [7, 11) is 1.96. The van der Waals surface area contributed by atoms with Crippen molar-refractivity contribution in [1.29, 1.82) is 0 Å². The molecule has 0 amide bonds. The average Bonchev–Trinajstić information content (AvgIpc) is 2.50. The molecule has 110 valence electrons. The summed E-state index contributed by atoms with van der Waals surface area (Å²) < 4.78 is 12.3. The average molecular weight is 366 g/mol. The SMILES string of the molecule is CNCc1ccc(Br)cc1Sc1ccc2c(c1)OCCO2. The van der Waals surface area contributed by atoms with Crippen LogP contribution < -0.4 is 14.8 Å². The molecule has 0 aliphatic carbocycles. The zero-order valence-electron chi connectivity index (χ0n) is 11.7. The third-order valence-electron chi connectivity index (χ3n) is 3.14. The fourth-order valence-corrected chi connectivity index (χ4v) is 3.70. The molecule has 0 bridgehead atoms. The standard InChI is InChI=1S/C16H16BrNO2S/c1-18-10-11-2-3-12(17)8-16(11)21-13-4-5-14-15(9-13)20-7-6-19-14/h2-5,8-9,18H,6-7,10H2,1H3. The second kappa shape index (κ2) is 6.73. The summed E-state index contributed by atoms with van der Waals surface area (Å²) in [5, 5.41) is 3.21. The van der Waals surface area contributed by atoms with Crippen LogP contribution in [0.25, 0.3) is 0 Å². The van der Waals surface area contributed by atoms with Crippen LogP contribution in [0.15, 0.2) is 50.7 Å². The lowest BCUT2D eigenvalue weighted by atomic mass is 10.2. The Morgan fingerprint density at radius 3 is 2.71 bits per heavy atom. The van der Waals surface area contributed by atoms with Gasteiger partial charge >= 0.3 is 0 Å². The summed E-state index contributed by atoms with van der Waals surface area (Å²) in [6.45, 7) is 2.08. The maximum absolute atomic E-state index is 5.64. The van der Waals surface area contributed by atoms with Crippen molar-refractivity contribution in [3.63, 3.8) is 0 Å². The number of hydrogen-bond donors (Lipinski definition) is 1. The van der Waals surface area contributed by atoms with Gasteiger partial charge in [0.25, 0.3) is 0 Å². The molecule has 0 atom stereocenters. The number of rotatable bonds is 4. The van der Waals surface area contributed by atoms with E-state index < -0.39 is 0 Å². The van der Waals surface area contributed by atoms with Gasteiger partial charge in [-0.05, 0) is 42.9 Å². The Bertz CT molecular complexity index is 648. The molecule has 0 spiro atoms. The van der Waals surface area contributed by atoms with Gasteiger partial charge in [-0.3, -0.25) is 0 Å². The summed E-state index contributed by atoms with van der Waals surface area (Å²) in [5.74, 6) is 1.66. The van der Waals surface area contributed by atoms with E-state index in [4.69, 9.17) is 9.47 Å². The zero-order valence-corrected chi connectivity index (χ0v) is 14.1. The molecule has 0 radical (unpaired) electrons. The second-order valence-corrected chi connectivity index (χ2v) is 6.72. The summed E-state index contributed by atoms with van der Waals surface area (Å²) in [5.41, 5.74) is 1.28. The number of fused-ring (bicyclic) bond motifs is 1. The van der Waals surface area contributed by atoms with Crippen molar-refractivity contribution in [3.8, 4) is 11.5 Å². The van der Waals surface area contributed by atoms with E-state index in [0.29, 0.717) is 13.2 Å². The van der Waals surface area contributed by atoms with Crippen LogP contribution in [0.4, 0.5) is 0 Å². The van der Waals surface area contributed by atoms with E-state index in [1.165, 1.54) is 10.5 Å². The fourth-order valence-electron chi connectivity index (χ4n) is 2.17. The molecule has 3 nitrogen and oxygen atoms in total. The highest BCUT2D eigenvalue weighted by atomic mass is 79.9. The molecule has 2 aromatic carbocycles. The number of hydrogen-bond acceptors (Lipinski definition) is 4. The maximum Gasteiger partial charge on any atom is 0.162 e.